The summed E-state index contributed by atoms with van der Waals surface area (Å²) in [6.07, 6.45) is 2.45. The monoisotopic (exact) mass is 758 g/mol. The topological polar surface area (TPSA) is 128 Å². The Morgan fingerprint density at radius 1 is 0.981 bits per heavy atom. The molecule has 3 heterocycles. The fourth-order valence-electron chi connectivity index (χ4n) is 7.37. The smallest absolute Gasteiger partial charge is 0.475 e. The van der Waals surface area contributed by atoms with E-state index in [9.17, 15) is 27.6 Å². The molecule has 2 saturated heterocycles. The van der Waals surface area contributed by atoms with E-state index in [1.807, 2.05) is 29.2 Å². The van der Waals surface area contributed by atoms with Crippen molar-refractivity contribution in [3.05, 3.63) is 70.6 Å². The molecule has 288 valence electrons. The first-order chi connectivity index (χ1) is 25.3. The zero-order valence-corrected chi connectivity index (χ0v) is 30.9. The lowest BCUT2D eigenvalue weighted by Crippen LogP contribution is -2.59. The number of ether oxygens (including phenoxy) is 1. The maximum Gasteiger partial charge on any atom is 0.490 e. The van der Waals surface area contributed by atoms with Crippen molar-refractivity contribution in [1.82, 2.24) is 20.4 Å². The van der Waals surface area contributed by atoms with Crippen molar-refractivity contribution in [3.63, 3.8) is 0 Å². The van der Waals surface area contributed by atoms with Crippen LogP contribution in [0.3, 0.4) is 0 Å². The fraction of sp³-hybridized carbons (Fsp3) is 0.538. The van der Waals surface area contributed by atoms with Crippen LogP contribution in [0, 0.1) is 12.8 Å². The van der Waals surface area contributed by atoms with Gasteiger partial charge in [-0.3, -0.25) is 14.4 Å². The third-order valence-corrected chi connectivity index (χ3v) is 11.4. The van der Waals surface area contributed by atoms with Gasteiger partial charge < -0.3 is 30.3 Å². The first kappa shape index (κ1) is 40.2. The second-order valence-electron chi connectivity index (χ2n) is 14.3. The van der Waals surface area contributed by atoms with Crippen molar-refractivity contribution in [2.75, 3.05) is 45.9 Å². The molecule has 1 saturated carbocycles. The quantitative estimate of drug-likeness (QED) is 0.220. The van der Waals surface area contributed by atoms with Crippen LogP contribution in [-0.4, -0.2) is 102 Å². The average Bonchev–Trinajstić information content (AvgIpc) is 3.80. The molecule has 0 spiro atoms. The van der Waals surface area contributed by atoms with E-state index in [0.29, 0.717) is 49.9 Å². The fourth-order valence-corrected chi connectivity index (χ4v) is 8.43. The minimum atomic E-state index is -5.08. The summed E-state index contributed by atoms with van der Waals surface area (Å²) < 4.78 is 38.2. The van der Waals surface area contributed by atoms with E-state index in [4.69, 9.17) is 14.6 Å². The number of aryl methyl sites for hydroxylation is 1. The number of hydrogen-bond donors (Lipinski definition) is 3. The van der Waals surface area contributed by atoms with Crippen LogP contribution in [0.15, 0.2) is 54.6 Å². The highest BCUT2D eigenvalue weighted by Gasteiger charge is 2.43. The van der Waals surface area contributed by atoms with Gasteiger partial charge in [0, 0.05) is 29.7 Å². The number of nitrogens with zero attached hydrogens (tertiary/aromatic N) is 2. The number of carbonyl (C=O) groups is 4. The van der Waals surface area contributed by atoms with Gasteiger partial charge in [-0.2, -0.15) is 13.2 Å². The summed E-state index contributed by atoms with van der Waals surface area (Å²) >= 11 is 1.49. The number of likely N-dealkylation sites (tertiary alicyclic amines) is 1. The van der Waals surface area contributed by atoms with E-state index in [1.54, 1.807) is 0 Å². The molecule has 10 nitrogen and oxygen atoms in total. The van der Waals surface area contributed by atoms with Crippen molar-refractivity contribution in [1.29, 1.82) is 0 Å². The molecule has 3 aliphatic rings. The summed E-state index contributed by atoms with van der Waals surface area (Å²) in [7, 11) is 0. The average molecular weight is 759 g/mol. The number of thiophene rings is 1. The van der Waals surface area contributed by atoms with Gasteiger partial charge >= 0.3 is 12.1 Å². The van der Waals surface area contributed by atoms with Gasteiger partial charge in [-0.05, 0) is 100 Å². The van der Waals surface area contributed by atoms with Gasteiger partial charge in [0.25, 0.3) is 5.91 Å². The summed E-state index contributed by atoms with van der Waals surface area (Å²) in [6, 6.07) is 18.5. The SMILES string of the molecule is Cc1ccc2cc(C(=O)NC3(C(=O)N[C@@H](CCCN4CCC(C(=O)N5CCOCC5)CC4)Cc4ccccc4)CCCC3)sc2c1.O=C(O)C(F)(F)F. The third kappa shape index (κ3) is 11.2. The number of fused-ring (bicyclic) bond motifs is 1. The minimum Gasteiger partial charge on any atom is -0.475 e. The number of carboxylic acid groups (broad SMARTS) is 1. The highest BCUT2D eigenvalue weighted by molar-refractivity contribution is 7.20. The number of nitrogens with one attached hydrogen (secondary N) is 2. The Morgan fingerprint density at radius 2 is 1.64 bits per heavy atom. The largest absolute Gasteiger partial charge is 0.490 e. The molecule has 3 aromatic rings. The van der Waals surface area contributed by atoms with E-state index in [0.717, 1.165) is 74.7 Å². The van der Waals surface area contributed by atoms with E-state index in [-0.39, 0.29) is 23.8 Å². The van der Waals surface area contributed by atoms with Crippen LogP contribution in [0.5, 0.6) is 0 Å². The lowest BCUT2D eigenvalue weighted by molar-refractivity contribution is -0.192. The molecule has 0 bridgehead atoms. The predicted molar refractivity (Wildman–Crippen MR) is 197 cm³/mol. The van der Waals surface area contributed by atoms with Gasteiger partial charge in [-0.15, -0.1) is 11.3 Å². The number of carbonyl (C=O) groups excluding carboxylic acids is 3. The highest BCUT2D eigenvalue weighted by Crippen LogP contribution is 2.33. The standard InChI is InChI=1S/C37H48N4O4S.C2HF3O2/c1-27-11-12-30-26-33(46-32(30)24-27)34(42)39-37(15-5-6-16-37)36(44)38-31(25-28-8-3-2-4-9-28)10-7-17-40-18-13-29(14-19-40)35(43)41-20-22-45-23-21-41;3-2(4,5)1(6)7/h2-4,8-9,11-12,24,26,29,31H,5-7,10,13-23,25H2,1H3,(H,38,44)(H,39,42);(H,6,7)/t31-;/m0./s1. The van der Waals surface area contributed by atoms with Crippen molar-refractivity contribution in [2.24, 2.45) is 5.92 Å². The number of amides is 3. The normalized spacial score (nSPS) is 18.5. The maximum absolute atomic E-state index is 14.1. The Morgan fingerprint density at radius 3 is 2.28 bits per heavy atom. The van der Waals surface area contributed by atoms with Crippen molar-refractivity contribution >= 4 is 45.1 Å². The predicted octanol–water partition coefficient (Wildman–Crippen LogP) is 5.96. The van der Waals surface area contributed by atoms with Crippen LogP contribution < -0.4 is 10.6 Å². The number of aliphatic carboxylic acids is 1. The molecule has 0 unspecified atom stereocenters. The molecule has 2 aromatic carbocycles. The molecule has 1 atom stereocenters. The van der Waals surface area contributed by atoms with Crippen LogP contribution in [-0.2, 0) is 25.5 Å². The van der Waals surface area contributed by atoms with Crippen LogP contribution in [0.4, 0.5) is 13.2 Å². The van der Waals surface area contributed by atoms with Gasteiger partial charge in [-0.25, -0.2) is 4.79 Å². The van der Waals surface area contributed by atoms with Crippen molar-refractivity contribution in [3.8, 4) is 0 Å². The van der Waals surface area contributed by atoms with Crippen molar-refractivity contribution < 1.29 is 42.2 Å². The Labute approximate surface area is 312 Å². The molecule has 53 heavy (non-hydrogen) atoms. The summed E-state index contributed by atoms with van der Waals surface area (Å²) in [4.78, 5) is 54.5. The molecular formula is C39H49F3N4O6S. The molecule has 3 N–H and O–H groups in total. The number of halogens is 3. The van der Waals surface area contributed by atoms with Crippen molar-refractivity contribution in [2.45, 2.75) is 82.5 Å². The Hall–Kier alpha value is -4.01. The van der Waals surface area contributed by atoms with Gasteiger partial charge in [0.15, 0.2) is 0 Å². The summed E-state index contributed by atoms with van der Waals surface area (Å²) in [5, 5.41) is 14.8. The molecule has 0 radical (unpaired) electrons. The lowest BCUT2D eigenvalue weighted by Gasteiger charge is -2.35. The van der Waals surface area contributed by atoms with Gasteiger partial charge in [0.2, 0.25) is 11.8 Å². The van der Waals surface area contributed by atoms with E-state index >= 15 is 0 Å². The van der Waals surface area contributed by atoms with Gasteiger partial charge in [-0.1, -0.05) is 55.3 Å². The van der Waals surface area contributed by atoms with E-state index in [1.165, 1.54) is 22.5 Å². The zero-order chi connectivity index (χ0) is 38.0. The van der Waals surface area contributed by atoms with E-state index < -0.39 is 17.7 Å². The Bertz CT molecular complexity index is 1700. The molecule has 3 fully saturated rings. The van der Waals surface area contributed by atoms with Crippen LogP contribution in [0.25, 0.3) is 10.1 Å². The molecule has 1 aromatic heterocycles. The summed E-state index contributed by atoms with van der Waals surface area (Å²) in [5.41, 5.74) is 1.48. The number of alkyl halides is 3. The van der Waals surface area contributed by atoms with Gasteiger partial charge in [0.1, 0.15) is 5.54 Å². The zero-order valence-electron chi connectivity index (χ0n) is 30.1. The highest BCUT2D eigenvalue weighted by atomic mass is 32.1. The second-order valence-corrected chi connectivity index (χ2v) is 15.3. The molecule has 1 aliphatic carbocycles. The first-order valence-corrected chi connectivity index (χ1v) is 19.2. The molecule has 3 amide bonds. The summed E-state index contributed by atoms with van der Waals surface area (Å²) in [6.45, 7) is 7.58. The maximum atomic E-state index is 14.1. The van der Waals surface area contributed by atoms with Crippen LogP contribution >= 0.6 is 11.3 Å². The van der Waals surface area contributed by atoms with Gasteiger partial charge in [0.05, 0.1) is 18.1 Å². The number of morpholine rings is 1. The molecule has 14 heteroatoms. The summed E-state index contributed by atoms with van der Waals surface area (Å²) in [5.74, 6) is -2.56. The third-order valence-electron chi connectivity index (χ3n) is 10.3. The molecule has 6 rings (SSSR count). The Balaban J connectivity index is 0.000000705. The molecular weight excluding hydrogens is 710 g/mol. The number of hydrogen-bond acceptors (Lipinski definition) is 7. The van der Waals surface area contributed by atoms with Crippen LogP contribution in [0.2, 0.25) is 0 Å². The lowest BCUT2D eigenvalue weighted by atomic mass is 9.93. The second kappa shape index (κ2) is 18.4. The Kier molecular flexibility index (Phi) is 13.9. The number of rotatable bonds is 11. The minimum absolute atomic E-state index is 0.0305. The first-order valence-electron chi connectivity index (χ1n) is 18.4. The molecule has 2 aliphatic heterocycles. The number of carboxylic acids is 1. The number of benzene rings is 2. The van der Waals surface area contributed by atoms with E-state index in [2.05, 4.69) is 52.8 Å². The number of piperidine rings is 1. The van der Waals surface area contributed by atoms with Crippen LogP contribution in [0.1, 0.15) is 72.2 Å².